The Hall–Kier alpha value is -1.23. The summed E-state index contributed by atoms with van der Waals surface area (Å²) in [5, 5.41) is 2.89. The van der Waals surface area contributed by atoms with Crippen LogP contribution in [0.25, 0.3) is 0 Å². The summed E-state index contributed by atoms with van der Waals surface area (Å²) >= 11 is 0. The predicted octanol–water partition coefficient (Wildman–Crippen LogP) is 3.08. The van der Waals surface area contributed by atoms with Crippen molar-refractivity contribution in [2.45, 2.75) is 31.9 Å². The van der Waals surface area contributed by atoms with Crippen LogP contribution >= 0.6 is 0 Å². The molecule has 1 aromatic rings. The first-order valence-electron chi connectivity index (χ1n) is 5.59. The SMILES string of the molecule is CC1CC(Nc2ccc(F)c(F)c2F)CCO1. The second-order valence-electron chi connectivity index (χ2n) is 4.27. The van der Waals surface area contributed by atoms with E-state index in [0.29, 0.717) is 6.61 Å². The van der Waals surface area contributed by atoms with Crippen LogP contribution in [0.3, 0.4) is 0 Å². The summed E-state index contributed by atoms with van der Waals surface area (Å²) in [6.45, 7) is 2.51. The van der Waals surface area contributed by atoms with E-state index in [4.69, 9.17) is 4.74 Å². The molecule has 2 unspecified atom stereocenters. The van der Waals surface area contributed by atoms with Crippen LogP contribution in [0.1, 0.15) is 19.8 Å². The highest BCUT2D eigenvalue weighted by Crippen LogP contribution is 2.23. The molecule has 1 saturated heterocycles. The topological polar surface area (TPSA) is 21.3 Å². The standard InChI is InChI=1S/C12H14F3NO/c1-7-6-8(4-5-17-7)16-10-3-2-9(13)11(14)12(10)15/h2-3,7-8,16H,4-6H2,1H3. The Kier molecular flexibility index (Phi) is 3.57. The molecule has 0 amide bonds. The molecule has 0 spiro atoms. The number of anilines is 1. The van der Waals surface area contributed by atoms with Gasteiger partial charge in [0.05, 0.1) is 11.8 Å². The van der Waals surface area contributed by atoms with E-state index in [1.807, 2.05) is 6.92 Å². The highest BCUT2D eigenvalue weighted by atomic mass is 19.2. The van der Waals surface area contributed by atoms with E-state index in [1.54, 1.807) is 0 Å². The van der Waals surface area contributed by atoms with Crippen molar-refractivity contribution in [3.63, 3.8) is 0 Å². The number of hydrogen-bond acceptors (Lipinski definition) is 2. The van der Waals surface area contributed by atoms with E-state index < -0.39 is 17.5 Å². The molecule has 0 saturated carbocycles. The number of benzene rings is 1. The van der Waals surface area contributed by atoms with Crippen molar-refractivity contribution >= 4 is 5.69 Å². The van der Waals surface area contributed by atoms with Crippen molar-refractivity contribution in [3.05, 3.63) is 29.6 Å². The molecule has 0 bridgehead atoms. The molecule has 1 fully saturated rings. The van der Waals surface area contributed by atoms with Gasteiger partial charge in [-0.05, 0) is 31.9 Å². The van der Waals surface area contributed by atoms with Gasteiger partial charge in [0.25, 0.3) is 0 Å². The summed E-state index contributed by atoms with van der Waals surface area (Å²) in [6, 6.07) is 2.16. The van der Waals surface area contributed by atoms with Crippen LogP contribution in [0.5, 0.6) is 0 Å². The molecular formula is C12H14F3NO. The van der Waals surface area contributed by atoms with Crippen molar-refractivity contribution in [2.75, 3.05) is 11.9 Å². The maximum Gasteiger partial charge on any atom is 0.196 e. The van der Waals surface area contributed by atoms with Crippen LogP contribution in [-0.4, -0.2) is 18.8 Å². The molecule has 17 heavy (non-hydrogen) atoms. The van der Waals surface area contributed by atoms with Gasteiger partial charge in [0.1, 0.15) is 0 Å². The molecule has 94 valence electrons. The molecule has 1 aliphatic heterocycles. The third kappa shape index (κ3) is 2.72. The van der Waals surface area contributed by atoms with Crippen molar-refractivity contribution in [3.8, 4) is 0 Å². The summed E-state index contributed by atoms with van der Waals surface area (Å²) in [7, 11) is 0. The van der Waals surface area contributed by atoms with E-state index in [0.717, 1.165) is 18.9 Å². The van der Waals surface area contributed by atoms with Crippen LogP contribution in [0.4, 0.5) is 18.9 Å². The smallest absolute Gasteiger partial charge is 0.196 e. The Morgan fingerprint density at radius 1 is 1.24 bits per heavy atom. The Labute approximate surface area is 97.8 Å². The van der Waals surface area contributed by atoms with Crippen molar-refractivity contribution in [1.82, 2.24) is 0 Å². The summed E-state index contributed by atoms with van der Waals surface area (Å²) in [5.41, 5.74) is 0.00278. The van der Waals surface area contributed by atoms with Crippen molar-refractivity contribution in [1.29, 1.82) is 0 Å². The molecule has 0 radical (unpaired) electrons. The van der Waals surface area contributed by atoms with E-state index >= 15 is 0 Å². The van der Waals surface area contributed by atoms with E-state index in [-0.39, 0.29) is 17.8 Å². The number of hydrogen-bond donors (Lipinski definition) is 1. The second-order valence-corrected chi connectivity index (χ2v) is 4.27. The van der Waals surface area contributed by atoms with Crippen LogP contribution in [0.15, 0.2) is 12.1 Å². The summed E-state index contributed by atoms with van der Waals surface area (Å²) in [6.07, 6.45) is 1.54. The molecule has 5 heteroatoms. The molecule has 1 aliphatic rings. The van der Waals surface area contributed by atoms with Crippen LogP contribution < -0.4 is 5.32 Å². The van der Waals surface area contributed by atoms with E-state index in [9.17, 15) is 13.2 Å². The Morgan fingerprint density at radius 2 is 2.00 bits per heavy atom. The van der Waals surface area contributed by atoms with Crippen LogP contribution in [0.2, 0.25) is 0 Å². The Morgan fingerprint density at radius 3 is 2.71 bits per heavy atom. The minimum absolute atomic E-state index is 0.00278. The fourth-order valence-electron chi connectivity index (χ4n) is 1.99. The molecule has 2 nitrogen and oxygen atoms in total. The van der Waals surface area contributed by atoms with Gasteiger partial charge in [-0.1, -0.05) is 0 Å². The van der Waals surface area contributed by atoms with E-state index in [1.165, 1.54) is 6.07 Å². The first-order chi connectivity index (χ1) is 8.08. The fraction of sp³-hybridized carbons (Fsp3) is 0.500. The predicted molar refractivity (Wildman–Crippen MR) is 58.4 cm³/mol. The maximum atomic E-state index is 13.4. The lowest BCUT2D eigenvalue weighted by atomic mass is 10.0. The first-order valence-corrected chi connectivity index (χ1v) is 5.59. The third-order valence-electron chi connectivity index (χ3n) is 2.88. The average molecular weight is 245 g/mol. The zero-order chi connectivity index (χ0) is 12.4. The van der Waals surface area contributed by atoms with Gasteiger partial charge in [0.15, 0.2) is 17.5 Å². The Balaban J connectivity index is 2.10. The van der Waals surface area contributed by atoms with Crippen LogP contribution in [-0.2, 0) is 4.74 Å². The lowest BCUT2D eigenvalue weighted by Crippen LogP contribution is -2.32. The minimum atomic E-state index is -1.44. The molecule has 0 aliphatic carbocycles. The fourth-order valence-corrected chi connectivity index (χ4v) is 1.99. The normalized spacial score (nSPS) is 24.7. The van der Waals surface area contributed by atoms with Gasteiger partial charge in [0, 0.05) is 12.6 Å². The average Bonchev–Trinajstić information content (AvgIpc) is 2.30. The first kappa shape index (κ1) is 12.2. The molecule has 1 aromatic carbocycles. The molecule has 2 atom stereocenters. The van der Waals surface area contributed by atoms with Gasteiger partial charge in [-0.2, -0.15) is 0 Å². The quantitative estimate of drug-likeness (QED) is 0.808. The number of halogens is 3. The van der Waals surface area contributed by atoms with Gasteiger partial charge in [-0.15, -0.1) is 0 Å². The van der Waals surface area contributed by atoms with Gasteiger partial charge in [0.2, 0.25) is 0 Å². The lowest BCUT2D eigenvalue weighted by molar-refractivity contribution is 0.0231. The highest BCUT2D eigenvalue weighted by Gasteiger charge is 2.21. The highest BCUT2D eigenvalue weighted by molar-refractivity contribution is 5.46. The van der Waals surface area contributed by atoms with Gasteiger partial charge >= 0.3 is 0 Å². The maximum absolute atomic E-state index is 13.4. The molecular weight excluding hydrogens is 231 g/mol. The van der Waals surface area contributed by atoms with Gasteiger partial charge in [-0.25, -0.2) is 13.2 Å². The van der Waals surface area contributed by atoms with E-state index in [2.05, 4.69) is 5.32 Å². The largest absolute Gasteiger partial charge is 0.380 e. The van der Waals surface area contributed by atoms with Crippen molar-refractivity contribution in [2.24, 2.45) is 0 Å². The second kappa shape index (κ2) is 4.96. The zero-order valence-corrected chi connectivity index (χ0v) is 9.47. The summed E-state index contributed by atoms with van der Waals surface area (Å²) in [4.78, 5) is 0. The van der Waals surface area contributed by atoms with Crippen molar-refractivity contribution < 1.29 is 17.9 Å². The molecule has 1 heterocycles. The van der Waals surface area contributed by atoms with Crippen LogP contribution in [0, 0.1) is 17.5 Å². The summed E-state index contributed by atoms with van der Waals surface area (Å²) < 4.78 is 44.5. The van der Waals surface area contributed by atoms with Gasteiger partial charge < -0.3 is 10.1 Å². The number of rotatable bonds is 2. The monoisotopic (exact) mass is 245 g/mol. The lowest BCUT2D eigenvalue weighted by Gasteiger charge is -2.28. The Bertz CT molecular complexity index is 411. The molecule has 2 rings (SSSR count). The number of ether oxygens (including phenoxy) is 1. The summed E-state index contributed by atoms with van der Waals surface area (Å²) in [5.74, 6) is -3.77. The molecule has 0 aromatic heterocycles. The number of nitrogens with one attached hydrogen (secondary N) is 1. The zero-order valence-electron chi connectivity index (χ0n) is 9.47. The minimum Gasteiger partial charge on any atom is -0.380 e. The molecule has 1 N–H and O–H groups in total. The van der Waals surface area contributed by atoms with Gasteiger partial charge in [-0.3, -0.25) is 0 Å². The third-order valence-corrected chi connectivity index (χ3v) is 2.88.